The third-order valence-electron chi connectivity index (χ3n) is 2.96. The maximum atomic E-state index is 11.2. The molecule has 2 aromatic carbocycles. The Morgan fingerprint density at radius 1 is 1.14 bits per heavy atom. The molecule has 7 heteroatoms. The Bertz CT molecular complexity index is 772. The molecule has 22 heavy (non-hydrogen) atoms. The van der Waals surface area contributed by atoms with Crippen molar-refractivity contribution in [1.82, 2.24) is 5.27 Å². The van der Waals surface area contributed by atoms with Crippen molar-refractivity contribution in [3.63, 3.8) is 0 Å². The lowest BCUT2D eigenvalue weighted by Crippen LogP contribution is -2.33. The van der Waals surface area contributed by atoms with Crippen LogP contribution in [0.3, 0.4) is 0 Å². The van der Waals surface area contributed by atoms with E-state index in [0.29, 0.717) is 23.1 Å². The molecule has 0 radical (unpaired) electrons. The van der Waals surface area contributed by atoms with Crippen LogP contribution in [0, 0.1) is 0 Å². The summed E-state index contributed by atoms with van der Waals surface area (Å²) in [6.45, 7) is 0.446. The Morgan fingerprint density at radius 2 is 1.82 bits per heavy atom. The summed E-state index contributed by atoms with van der Waals surface area (Å²) < 4.78 is 11.9. The Labute approximate surface area is 139 Å². The van der Waals surface area contributed by atoms with E-state index in [2.05, 4.69) is 25.7 Å². The molecule has 0 bridgehead atoms. The van der Waals surface area contributed by atoms with Crippen LogP contribution >= 0.6 is 27.5 Å². The predicted molar refractivity (Wildman–Crippen MR) is 81.0 cm³/mol. The van der Waals surface area contributed by atoms with E-state index in [1.54, 1.807) is 24.3 Å². The number of nitrogens with zero attached hydrogens (tertiary/aromatic N) is 2. The second-order valence-corrected chi connectivity index (χ2v) is 5.66. The molecule has 0 N–H and O–H groups in total. The molecule has 1 aromatic heterocycles. The summed E-state index contributed by atoms with van der Waals surface area (Å²) in [6, 6.07) is 14.6. The van der Waals surface area contributed by atoms with Gasteiger partial charge in [-0.05, 0) is 34.5 Å². The van der Waals surface area contributed by atoms with Gasteiger partial charge in [0.05, 0.1) is 5.27 Å². The van der Waals surface area contributed by atoms with Gasteiger partial charge in [0.1, 0.15) is 12.4 Å². The molecule has 0 aliphatic rings. The summed E-state index contributed by atoms with van der Waals surface area (Å²) in [6.07, 6.45) is 0. The average Bonchev–Trinajstić information content (AvgIpc) is 2.87. The van der Waals surface area contributed by atoms with E-state index in [0.717, 1.165) is 5.56 Å². The van der Waals surface area contributed by atoms with Gasteiger partial charge >= 0.3 is 4.60 Å². The van der Waals surface area contributed by atoms with Crippen molar-refractivity contribution in [3.8, 4) is 17.4 Å². The highest BCUT2D eigenvalue weighted by Gasteiger charge is 2.17. The summed E-state index contributed by atoms with van der Waals surface area (Å²) in [4.78, 5) is 0. The van der Waals surface area contributed by atoms with Crippen molar-refractivity contribution in [1.29, 1.82) is 0 Å². The molecule has 112 valence electrons. The maximum Gasteiger partial charge on any atom is 0.305 e. The van der Waals surface area contributed by atoms with Crippen LogP contribution in [0.5, 0.6) is 11.7 Å². The van der Waals surface area contributed by atoms with Crippen LogP contribution in [-0.4, -0.2) is 5.27 Å². The van der Waals surface area contributed by atoms with Gasteiger partial charge in [0.2, 0.25) is 5.69 Å². The lowest BCUT2D eigenvalue weighted by Gasteiger charge is -2.06. The molecule has 0 fully saturated rings. The van der Waals surface area contributed by atoms with Gasteiger partial charge in [-0.15, -0.1) is 0 Å². The number of rotatable bonds is 4. The van der Waals surface area contributed by atoms with Gasteiger partial charge in [-0.3, -0.25) is 0 Å². The molecule has 5 nitrogen and oxygen atoms in total. The number of halogens is 2. The van der Waals surface area contributed by atoms with E-state index in [1.807, 2.05) is 24.3 Å². The van der Waals surface area contributed by atoms with Crippen molar-refractivity contribution >= 4 is 27.5 Å². The second-order valence-electron chi connectivity index (χ2n) is 4.47. The van der Waals surface area contributed by atoms with Crippen LogP contribution < -0.4 is 14.5 Å². The third-order valence-corrected chi connectivity index (χ3v) is 3.87. The van der Waals surface area contributed by atoms with E-state index in [9.17, 15) is 5.11 Å². The molecule has 0 unspecified atom stereocenters. The normalized spacial score (nSPS) is 10.6. The molecule has 1 heterocycles. The summed E-state index contributed by atoms with van der Waals surface area (Å²) in [5.41, 5.74) is 1.72. The van der Waals surface area contributed by atoms with Crippen molar-refractivity contribution in [2.45, 2.75) is 6.61 Å². The summed E-state index contributed by atoms with van der Waals surface area (Å²) in [7, 11) is 0. The lowest BCUT2D eigenvalue weighted by molar-refractivity contribution is -0.680. The number of ether oxygens (including phenoxy) is 1. The van der Waals surface area contributed by atoms with Crippen molar-refractivity contribution in [3.05, 3.63) is 63.7 Å². The van der Waals surface area contributed by atoms with Crippen LogP contribution in [0.25, 0.3) is 5.69 Å². The van der Waals surface area contributed by atoms with E-state index < -0.39 is 5.95 Å². The average molecular weight is 382 g/mol. The number of hydrogen-bond acceptors (Lipinski definition) is 4. The third kappa shape index (κ3) is 3.23. The van der Waals surface area contributed by atoms with E-state index >= 15 is 0 Å². The summed E-state index contributed by atoms with van der Waals surface area (Å²) >= 11 is 8.96. The first-order valence-corrected chi connectivity index (χ1v) is 7.53. The standard InChI is InChI=1S/C15H10BrClN2O3/c16-14-15(20)22-18-19(14)12-5-7-13(8-6-12)21-9-10-1-3-11(17)4-2-10/h1-8H,9H2. The highest BCUT2D eigenvalue weighted by molar-refractivity contribution is 9.10. The number of benzene rings is 2. The van der Waals surface area contributed by atoms with Crippen LogP contribution in [0.2, 0.25) is 5.02 Å². The Balaban J connectivity index is 1.69. The van der Waals surface area contributed by atoms with Crippen LogP contribution in [0.1, 0.15) is 5.56 Å². The van der Waals surface area contributed by atoms with Gasteiger partial charge in [-0.25, -0.2) is 0 Å². The minimum atomic E-state index is -0.525. The van der Waals surface area contributed by atoms with Gasteiger partial charge in [0, 0.05) is 33.1 Å². The predicted octanol–water partition coefficient (Wildman–Crippen LogP) is 3.02. The van der Waals surface area contributed by atoms with Crippen LogP contribution in [0.4, 0.5) is 0 Å². The fraction of sp³-hybridized carbons (Fsp3) is 0.0667. The largest absolute Gasteiger partial charge is 0.538 e. The van der Waals surface area contributed by atoms with Crippen molar-refractivity contribution < 1.29 is 19.0 Å². The molecule has 0 saturated carbocycles. The summed E-state index contributed by atoms with van der Waals surface area (Å²) in [5.74, 6) is 0.185. The van der Waals surface area contributed by atoms with E-state index in [4.69, 9.17) is 16.3 Å². The SMILES string of the molecule is [O-]c1on[n+](-c2ccc(OCc3ccc(Cl)cc3)cc2)c1Br. The fourth-order valence-electron chi connectivity index (χ4n) is 1.83. The Kier molecular flexibility index (Phi) is 4.31. The van der Waals surface area contributed by atoms with Crippen LogP contribution in [-0.2, 0) is 6.61 Å². The van der Waals surface area contributed by atoms with Gasteiger partial charge in [0.15, 0.2) is 5.95 Å². The minimum absolute atomic E-state index is 0.238. The Hall–Kier alpha value is -2.05. The highest BCUT2D eigenvalue weighted by atomic mass is 79.9. The zero-order chi connectivity index (χ0) is 15.5. The van der Waals surface area contributed by atoms with Gasteiger partial charge in [-0.2, -0.15) is 0 Å². The Morgan fingerprint density at radius 3 is 2.41 bits per heavy atom. The number of hydrogen-bond donors (Lipinski definition) is 0. The first-order valence-electron chi connectivity index (χ1n) is 6.36. The van der Waals surface area contributed by atoms with Crippen LogP contribution in [0.15, 0.2) is 57.7 Å². The van der Waals surface area contributed by atoms with Crippen molar-refractivity contribution in [2.24, 2.45) is 0 Å². The van der Waals surface area contributed by atoms with Gasteiger partial charge in [-0.1, -0.05) is 23.7 Å². The molecule has 0 aliphatic heterocycles. The number of aromatic nitrogens is 2. The van der Waals surface area contributed by atoms with Gasteiger partial charge in [0.25, 0.3) is 0 Å². The fourth-order valence-corrected chi connectivity index (χ4v) is 2.30. The zero-order valence-corrected chi connectivity index (χ0v) is 13.5. The molecular weight excluding hydrogens is 372 g/mol. The second kappa shape index (κ2) is 6.37. The monoisotopic (exact) mass is 380 g/mol. The summed E-state index contributed by atoms with van der Waals surface area (Å²) in [5, 5.41) is 15.6. The molecule has 0 spiro atoms. The first kappa shape index (κ1) is 14.9. The molecule has 3 rings (SSSR count). The highest BCUT2D eigenvalue weighted by Crippen LogP contribution is 2.19. The molecular formula is C15H10BrClN2O3. The quantitative estimate of drug-likeness (QED) is 0.652. The van der Waals surface area contributed by atoms with Crippen molar-refractivity contribution in [2.75, 3.05) is 0 Å². The molecule has 0 amide bonds. The van der Waals surface area contributed by atoms with E-state index in [1.165, 1.54) is 4.68 Å². The molecule has 0 saturated heterocycles. The zero-order valence-electron chi connectivity index (χ0n) is 11.2. The molecule has 3 aromatic rings. The molecule has 0 aliphatic carbocycles. The minimum Gasteiger partial charge on any atom is -0.538 e. The molecule has 0 atom stereocenters. The first-order chi connectivity index (χ1) is 10.6. The topological polar surface area (TPSA) is 62.2 Å². The van der Waals surface area contributed by atoms with E-state index in [-0.39, 0.29) is 4.60 Å². The maximum absolute atomic E-state index is 11.2. The lowest BCUT2D eigenvalue weighted by atomic mass is 10.2. The van der Waals surface area contributed by atoms with Gasteiger partial charge < -0.3 is 14.4 Å². The smallest absolute Gasteiger partial charge is 0.305 e.